The molecule has 4 nitrogen and oxygen atoms in total. The van der Waals surface area contributed by atoms with Gasteiger partial charge in [-0.2, -0.15) is 8.78 Å². The summed E-state index contributed by atoms with van der Waals surface area (Å²) in [5, 5.41) is 0. The SMILES string of the molecule is CCOC(=O)C(F)(F)C[C@H]1COC(C)(C)O1. The van der Waals surface area contributed by atoms with Gasteiger partial charge in [-0.3, -0.25) is 0 Å². The lowest BCUT2D eigenvalue weighted by molar-refractivity contribution is -0.180. The minimum atomic E-state index is -3.52. The van der Waals surface area contributed by atoms with Crippen molar-refractivity contribution in [3.8, 4) is 0 Å². The van der Waals surface area contributed by atoms with Crippen molar-refractivity contribution in [2.75, 3.05) is 13.2 Å². The molecule has 0 amide bonds. The topological polar surface area (TPSA) is 44.8 Å². The van der Waals surface area contributed by atoms with Crippen molar-refractivity contribution < 1.29 is 27.8 Å². The average molecular weight is 238 g/mol. The van der Waals surface area contributed by atoms with Gasteiger partial charge >= 0.3 is 11.9 Å². The van der Waals surface area contributed by atoms with Gasteiger partial charge in [-0.15, -0.1) is 0 Å². The molecule has 1 atom stereocenters. The highest BCUT2D eigenvalue weighted by atomic mass is 19.3. The summed E-state index contributed by atoms with van der Waals surface area (Å²) in [6, 6.07) is 0. The number of alkyl halides is 2. The van der Waals surface area contributed by atoms with Crippen LogP contribution >= 0.6 is 0 Å². The Bertz CT molecular complexity index is 266. The van der Waals surface area contributed by atoms with E-state index in [0.29, 0.717) is 0 Å². The summed E-state index contributed by atoms with van der Waals surface area (Å²) < 4.78 is 41.2. The van der Waals surface area contributed by atoms with Crippen LogP contribution in [0.2, 0.25) is 0 Å². The molecule has 0 spiro atoms. The summed E-state index contributed by atoms with van der Waals surface area (Å²) in [4.78, 5) is 10.9. The van der Waals surface area contributed by atoms with Crippen LogP contribution in [0.15, 0.2) is 0 Å². The Balaban J connectivity index is 2.50. The molecular formula is C10H16F2O4. The average Bonchev–Trinajstić information content (AvgIpc) is 2.45. The van der Waals surface area contributed by atoms with Gasteiger partial charge in [0.15, 0.2) is 5.79 Å². The van der Waals surface area contributed by atoms with Gasteiger partial charge in [0, 0.05) is 0 Å². The molecule has 1 rings (SSSR count). The van der Waals surface area contributed by atoms with Gasteiger partial charge in [0.05, 0.1) is 25.7 Å². The maximum atomic E-state index is 13.3. The standard InChI is InChI=1S/C10H16F2O4/c1-4-14-8(13)10(11,12)5-7-6-15-9(2,3)16-7/h7H,4-6H2,1-3H3/t7-/m0/s1. The smallest absolute Gasteiger partial charge is 0.377 e. The molecule has 16 heavy (non-hydrogen) atoms. The van der Waals surface area contributed by atoms with Crippen molar-refractivity contribution >= 4 is 5.97 Å². The predicted octanol–water partition coefficient (Wildman–Crippen LogP) is 1.73. The quantitative estimate of drug-likeness (QED) is 0.700. The molecule has 0 aromatic carbocycles. The molecule has 0 bridgehead atoms. The van der Waals surface area contributed by atoms with E-state index in [4.69, 9.17) is 9.47 Å². The molecule has 0 radical (unpaired) electrons. The lowest BCUT2D eigenvalue weighted by Crippen LogP contribution is -2.36. The molecule has 0 saturated carbocycles. The van der Waals surface area contributed by atoms with Crippen molar-refractivity contribution in [2.24, 2.45) is 0 Å². The molecule has 0 aliphatic carbocycles. The number of carbonyl (C=O) groups excluding carboxylic acids is 1. The number of hydrogen-bond acceptors (Lipinski definition) is 4. The van der Waals surface area contributed by atoms with Gasteiger partial charge in [0.2, 0.25) is 0 Å². The lowest BCUT2D eigenvalue weighted by atomic mass is 10.1. The zero-order chi connectivity index (χ0) is 12.4. The Morgan fingerprint density at radius 3 is 2.62 bits per heavy atom. The second-order valence-electron chi connectivity index (χ2n) is 4.08. The van der Waals surface area contributed by atoms with Crippen LogP contribution < -0.4 is 0 Å². The summed E-state index contributed by atoms with van der Waals surface area (Å²) in [6.45, 7) is 4.74. The van der Waals surface area contributed by atoms with E-state index < -0.39 is 30.2 Å². The minimum absolute atomic E-state index is 0.0575. The second-order valence-corrected chi connectivity index (χ2v) is 4.08. The van der Waals surface area contributed by atoms with E-state index in [-0.39, 0.29) is 13.2 Å². The number of halogens is 2. The van der Waals surface area contributed by atoms with Crippen LogP contribution in [0.3, 0.4) is 0 Å². The van der Waals surface area contributed by atoms with E-state index in [1.54, 1.807) is 13.8 Å². The number of hydrogen-bond donors (Lipinski definition) is 0. The molecule has 1 fully saturated rings. The first-order valence-electron chi connectivity index (χ1n) is 5.13. The fourth-order valence-electron chi connectivity index (χ4n) is 1.47. The van der Waals surface area contributed by atoms with Crippen LogP contribution in [-0.4, -0.2) is 37.0 Å². The van der Waals surface area contributed by atoms with Crippen molar-refractivity contribution in [3.63, 3.8) is 0 Å². The molecule has 1 saturated heterocycles. The van der Waals surface area contributed by atoms with Crippen LogP contribution in [0, 0.1) is 0 Å². The highest BCUT2D eigenvalue weighted by molar-refractivity contribution is 5.77. The molecular weight excluding hydrogens is 222 g/mol. The van der Waals surface area contributed by atoms with Gasteiger partial charge in [-0.1, -0.05) is 0 Å². The Morgan fingerprint density at radius 2 is 2.19 bits per heavy atom. The monoisotopic (exact) mass is 238 g/mol. The first-order chi connectivity index (χ1) is 7.27. The predicted molar refractivity (Wildman–Crippen MR) is 51.1 cm³/mol. The fraction of sp³-hybridized carbons (Fsp3) is 0.900. The maximum absolute atomic E-state index is 13.3. The number of esters is 1. The summed E-state index contributed by atoms with van der Waals surface area (Å²) in [7, 11) is 0. The van der Waals surface area contributed by atoms with Gasteiger partial charge in [-0.05, 0) is 20.8 Å². The second kappa shape index (κ2) is 4.63. The molecule has 6 heteroatoms. The van der Waals surface area contributed by atoms with Gasteiger partial charge < -0.3 is 14.2 Å². The van der Waals surface area contributed by atoms with Crippen LogP contribution in [0.25, 0.3) is 0 Å². The van der Waals surface area contributed by atoms with Gasteiger partial charge in [-0.25, -0.2) is 4.79 Å². The molecule has 1 heterocycles. The third kappa shape index (κ3) is 3.38. The highest BCUT2D eigenvalue weighted by Crippen LogP contribution is 2.30. The summed E-state index contributed by atoms with van der Waals surface area (Å²) >= 11 is 0. The van der Waals surface area contributed by atoms with Crippen LogP contribution in [0.5, 0.6) is 0 Å². The number of rotatable bonds is 4. The third-order valence-corrected chi connectivity index (χ3v) is 2.13. The molecule has 0 N–H and O–H groups in total. The maximum Gasteiger partial charge on any atom is 0.377 e. The van der Waals surface area contributed by atoms with Crippen LogP contribution in [0.4, 0.5) is 8.78 Å². The van der Waals surface area contributed by atoms with E-state index in [9.17, 15) is 13.6 Å². The minimum Gasteiger partial charge on any atom is -0.462 e. The van der Waals surface area contributed by atoms with Crippen LogP contribution in [0.1, 0.15) is 27.2 Å². The van der Waals surface area contributed by atoms with Crippen molar-refractivity contribution in [2.45, 2.75) is 45.0 Å². The van der Waals surface area contributed by atoms with Crippen molar-refractivity contribution in [1.82, 2.24) is 0 Å². The normalized spacial score (nSPS) is 24.4. The number of ether oxygens (including phenoxy) is 3. The first-order valence-corrected chi connectivity index (χ1v) is 5.13. The van der Waals surface area contributed by atoms with Crippen molar-refractivity contribution in [1.29, 1.82) is 0 Å². The van der Waals surface area contributed by atoms with E-state index >= 15 is 0 Å². The zero-order valence-corrected chi connectivity index (χ0v) is 9.59. The third-order valence-electron chi connectivity index (χ3n) is 2.13. The van der Waals surface area contributed by atoms with E-state index in [1.165, 1.54) is 6.92 Å². The van der Waals surface area contributed by atoms with Gasteiger partial charge in [0.25, 0.3) is 0 Å². The van der Waals surface area contributed by atoms with Crippen molar-refractivity contribution in [3.05, 3.63) is 0 Å². The number of carbonyl (C=O) groups is 1. The summed E-state index contributed by atoms with van der Waals surface area (Å²) in [5.74, 6) is -5.90. The molecule has 1 aliphatic heterocycles. The summed E-state index contributed by atoms with van der Waals surface area (Å²) in [5.41, 5.74) is 0. The lowest BCUT2D eigenvalue weighted by Gasteiger charge is -2.20. The first kappa shape index (κ1) is 13.3. The fourth-order valence-corrected chi connectivity index (χ4v) is 1.47. The van der Waals surface area contributed by atoms with E-state index in [0.717, 1.165) is 0 Å². The van der Waals surface area contributed by atoms with Gasteiger partial charge in [0.1, 0.15) is 0 Å². The molecule has 0 aromatic heterocycles. The molecule has 1 aliphatic rings. The molecule has 0 aromatic rings. The highest BCUT2D eigenvalue weighted by Gasteiger charge is 2.46. The van der Waals surface area contributed by atoms with E-state index in [2.05, 4.69) is 4.74 Å². The van der Waals surface area contributed by atoms with Crippen LogP contribution in [-0.2, 0) is 19.0 Å². The Kier molecular flexibility index (Phi) is 3.85. The molecule has 0 unspecified atom stereocenters. The van der Waals surface area contributed by atoms with E-state index in [1.807, 2.05) is 0 Å². The largest absolute Gasteiger partial charge is 0.462 e. The zero-order valence-electron chi connectivity index (χ0n) is 9.59. The Hall–Kier alpha value is -0.750. The Morgan fingerprint density at radius 1 is 1.56 bits per heavy atom. The molecule has 94 valence electrons. The summed E-state index contributed by atoms with van der Waals surface area (Å²) in [6.07, 6.45) is -1.50. The Labute approximate surface area is 92.9 Å².